The highest BCUT2D eigenvalue weighted by atomic mass is 35.5. The Kier molecular flexibility index (Phi) is 2.79. The Morgan fingerprint density at radius 3 is 3.05 bits per heavy atom. The molecule has 0 spiro atoms. The summed E-state index contributed by atoms with van der Waals surface area (Å²) < 4.78 is 12.0. The molecule has 6 nitrogen and oxygen atoms in total. The zero-order valence-electron chi connectivity index (χ0n) is 10.1. The minimum Gasteiger partial charge on any atom is -0.454 e. The molecule has 1 aromatic carbocycles. The quantitative estimate of drug-likeness (QED) is 0.853. The summed E-state index contributed by atoms with van der Waals surface area (Å²) in [5.74, 6) is 1.51. The number of anilines is 1. The highest BCUT2D eigenvalue weighted by Gasteiger charge is 2.17. The molecule has 2 aromatic rings. The van der Waals surface area contributed by atoms with Gasteiger partial charge >= 0.3 is 0 Å². The van der Waals surface area contributed by atoms with Crippen molar-refractivity contribution in [3.8, 4) is 11.5 Å². The molecule has 0 bridgehead atoms. The molecule has 0 saturated heterocycles. The van der Waals surface area contributed by atoms with Crippen LogP contribution in [0.25, 0.3) is 0 Å². The van der Waals surface area contributed by atoms with E-state index >= 15 is 0 Å². The van der Waals surface area contributed by atoms with Crippen LogP contribution in [0, 0.1) is 6.92 Å². The summed E-state index contributed by atoms with van der Waals surface area (Å²) in [6.07, 6.45) is 3.37. The van der Waals surface area contributed by atoms with Gasteiger partial charge in [-0.25, -0.2) is 9.66 Å². The number of halogens is 1. The number of aromatic nitrogens is 2. The summed E-state index contributed by atoms with van der Waals surface area (Å²) in [5.41, 5.74) is 7.29. The summed E-state index contributed by atoms with van der Waals surface area (Å²) >= 11 is 6.08. The Bertz CT molecular complexity index is 666. The average molecular weight is 279 g/mol. The zero-order valence-corrected chi connectivity index (χ0v) is 10.9. The van der Waals surface area contributed by atoms with Crippen molar-refractivity contribution < 1.29 is 9.47 Å². The normalized spacial score (nSPS) is 13.4. The maximum atomic E-state index is 6.08. The van der Waals surface area contributed by atoms with E-state index < -0.39 is 0 Å². The summed E-state index contributed by atoms with van der Waals surface area (Å²) in [4.78, 5) is 4.05. The van der Waals surface area contributed by atoms with E-state index in [9.17, 15) is 0 Å². The van der Waals surface area contributed by atoms with Gasteiger partial charge in [-0.15, -0.1) is 0 Å². The number of nitrogens with two attached hydrogens (primary N) is 1. The maximum Gasteiger partial charge on any atom is 0.231 e. The summed E-state index contributed by atoms with van der Waals surface area (Å²) in [7, 11) is 0. The topological polar surface area (TPSA) is 74.7 Å². The lowest BCUT2D eigenvalue weighted by Gasteiger charge is -2.01. The molecule has 0 atom stereocenters. The Balaban J connectivity index is 1.92. The standard InChI is InChI=1S/C12H11ClN4O2/c1-7-5-17(12(14)16-7)15-4-8-2-9(13)11-10(3-8)18-6-19-11/h2-5H,6H2,1H3,(H2,14,16). The van der Waals surface area contributed by atoms with Gasteiger partial charge < -0.3 is 15.2 Å². The highest BCUT2D eigenvalue weighted by Crippen LogP contribution is 2.39. The molecule has 0 unspecified atom stereocenters. The molecule has 19 heavy (non-hydrogen) atoms. The van der Waals surface area contributed by atoms with Gasteiger partial charge in [0.2, 0.25) is 12.7 Å². The Morgan fingerprint density at radius 2 is 2.32 bits per heavy atom. The fourth-order valence-electron chi connectivity index (χ4n) is 1.79. The van der Waals surface area contributed by atoms with Crippen LogP contribution in [0.1, 0.15) is 11.3 Å². The van der Waals surface area contributed by atoms with Gasteiger partial charge in [-0.05, 0) is 24.6 Å². The van der Waals surface area contributed by atoms with E-state index in [0.29, 0.717) is 22.5 Å². The second-order valence-electron chi connectivity index (χ2n) is 4.07. The fraction of sp³-hybridized carbons (Fsp3) is 0.167. The van der Waals surface area contributed by atoms with E-state index in [1.807, 2.05) is 6.92 Å². The fourth-order valence-corrected chi connectivity index (χ4v) is 2.06. The molecule has 7 heteroatoms. The Labute approximate surface area is 114 Å². The van der Waals surface area contributed by atoms with Crippen molar-refractivity contribution in [2.24, 2.45) is 5.10 Å². The average Bonchev–Trinajstić information content (AvgIpc) is 2.93. The molecule has 0 saturated carbocycles. The first kappa shape index (κ1) is 11.9. The minimum atomic E-state index is 0.184. The van der Waals surface area contributed by atoms with Crippen molar-refractivity contribution in [1.82, 2.24) is 9.66 Å². The second kappa shape index (κ2) is 4.47. The molecule has 1 aliphatic rings. The first-order valence-corrected chi connectivity index (χ1v) is 5.96. The van der Waals surface area contributed by atoms with E-state index in [-0.39, 0.29) is 6.79 Å². The van der Waals surface area contributed by atoms with E-state index in [1.54, 1.807) is 24.5 Å². The number of benzene rings is 1. The largest absolute Gasteiger partial charge is 0.454 e. The van der Waals surface area contributed by atoms with Crippen molar-refractivity contribution in [1.29, 1.82) is 0 Å². The molecular weight excluding hydrogens is 268 g/mol. The predicted molar refractivity (Wildman–Crippen MR) is 71.9 cm³/mol. The first-order chi connectivity index (χ1) is 9.13. The summed E-state index contributed by atoms with van der Waals surface area (Å²) in [6, 6.07) is 3.55. The molecule has 0 radical (unpaired) electrons. The smallest absolute Gasteiger partial charge is 0.231 e. The van der Waals surface area contributed by atoms with Crippen LogP contribution in [0.5, 0.6) is 11.5 Å². The van der Waals surface area contributed by atoms with Crippen LogP contribution in [0.4, 0.5) is 5.95 Å². The molecule has 0 fully saturated rings. The molecular formula is C12H11ClN4O2. The van der Waals surface area contributed by atoms with Gasteiger partial charge in [0, 0.05) is 0 Å². The van der Waals surface area contributed by atoms with Crippen molar-refractivity contribution in [3.05, 3.63) is 34.6 Å². The Morgan fingerprint density at radius 1 is 1.47 bits per heavy atom. The number of rotatable bonds is 2. The summed E-state index contributed by atoms with van der Waals surface area (Å²) in [6.45, 7) is 2.03. The first-order valence-electron chi connectivity index (χ1n) is 5.58. The third-order valence-electron chi connectivity index (χ3n) is 2.62. The number of imidazole rings is 1. The Hall–Kier alpha value is -2.21. The van der Waals surface area contributed by atoms with Crippen molar-refractivity contribution >= 4 is 23.8 Å². The SMILES string of the molecule is Cc1cn(N=Cc2cc(Cl)c3c(c2)OCO3)c(N)n1. The van der Waals surface area contributed by atoms with Gasteiger partial charge in [0.05, 0.1) is 23.1 Å². The zero-order chi connectivity index (χ0) is 13.4. The molecule has 1 aromatic heterocycles. The van der Waals surface area contributed by atoms with Gasteiger partial charge in [0.1, 0.15) is 0 Å². The van der Waals surface area contributed by atoms with Crippen LogP contribution in [-0.4, -0.2) is 22.7 Å². The molecule has 1 aliphatic heterocycles. The van der Waals surface area contributed by atoms with Crippen LogP contribution >= 0.6 is 11.6 Å². The summed E-state index contributed by atoms with van der Waals surface area (Å²) in [5, 5.41) is 4.70. The molecule has 98 valence electrons. The third kappa shape index (κ3) is 2.22. The third-order valence-corrected chi connectivity index (χ3v) is 2.90. The number of fused-ring (bicyclic) bond motifs is 1. The highest BCUT2D eigenvalue weighted by molar-refractivity contribution is 6.32. The van der Waals surface area contributed by atoms with Crippen LogP contribution < -0.4 is 15.2 Å². The van der Waals surface area contributed by atoms with E-state index in [4.69, 9.17) is 26.8 Å². The number of nitrogen functional groups attached to an aromatic ring is 1. The number of hydrogen-bond acceptors (Lipinski definition) is 5. The van der Waals surface area contributed by atoms with Crippen molar-refractivity contribution in [2.75, 3.05) is 12.5 Å². The number of hydrogen-bond donors (Lipinski definition) is 1. The predicted octanol–water partition coefficient (Wildman–Crippen LogP) is 2.04. The van der Waals surface area contributed by atoms with Gasteiger partial charge in [-0.3, -0.25) is 0 Å². The minimum absolute atomic E-state index is 0.184. The lowest BCUT2D eigenvalue weighted by molar-refractivity contribution is 0.174. The van der Waals surface area contributed by atoms with E-state index in [0.717, 1.165) is 11.3 Å². The van der Waals surface area contributed by atoms with Gasteiger partial charge in [0.25, 0.3) is 0 Å². The molecule has 0 amide bonds. The van der Waals surface area contributed by atoms with Crippen molar-refractivity contribution in [3.63, 3.8) is 0 Å². The van der Waals surface area contributed by atoms with Gasteiger partial charge in [-0.2, -0.15) is 5.10 Å². The number of ether oxygens (including phenoxy) is 2. The van der Waals surface area contributed by atoms with Crippen LogP contribution in [0.3, 0.4) is 0 Å². The second-order valence-corrected chi connectivity index (χ2v) is 4.47. The molecule has 3 rings (SSSR count). The van der Waals surface area contributed by atoms with Crippen LogP contribution in [0.15, 0.2) is 23.4 Å². The van der Waals surface area contributed by atoms with Crippen LogP contribution in [0.2, 0.25) is 5.02 Å². The number of nitrogens with zero attached hydrogens (tertiary/aromatic N) is 3. The van der Waals surface area contributed by atoms with Crippen molar-refractivity contribution in [2.45, 2.75) is 6.92 Å². The lowest BCUT2D eigenvalue weighted by atomic mass is 10.2. The lowest BCUT2D eigenvalue weighted by Crippen LogP contribution is -1.97. The van der Waals surface area contributed by atoms with E-state index in [1.165, 1.54) is 4.68 Å². The van der Waals surface area contributed by atoms with Crippen LogP contribution in [-0.2, 0) is 0 Å². The monoisotopic (exact) mass is 278 g/mol. The molecule has 2 heterocycles. The van der Waals surface area contributed by atoms with Gasteiger partial charge in [-0.1, -0.05) is 11.6 Å². The van der Waals surface area contributed by atoms with E-state index in [2.05, 4.69) is 10.1 Å². The molecule has 2 N–H and O–H groups in total. The maximum absolute atomic E-state index is 6.08. The molecule has 0 aliphatic carbocycles. The van der Waals surface area contributed by atoms with Gasteiger partial charge in [0.15, 0.2) is 11.5 Å². The number of aryl methyl sites for hydroxylation is 1.